The second kappa shape index (κ2) is 7.40. The fourth-order valence-corrected chi connectivity index (χ4v) is 2.08. The van der Waals surface area contributed by atoms with Gasteiger partial charge in [0.05, 0.1) is 0 Å². The molecule has 20 heavy (non-hydrogen) atoms. The molecule has 1 heterocycles. The number of nitrogens with one attached hydrogen (secondary N) is 1. The summed E-state index contributed by atoms with van der Waals surface area (Å²) in [4.78, 5) is 16.2. The normalized spacial score (nSPS) is 10.2. The Morgan fingerprint density at radius 1 is 1.15 bits per heavy atom. The highest BCUT2D eigenvalue weighted by Gasteiger charge is 2.09. The van der Waals surface area contributed by atoms with E-state index in [-0.39, 0.29) is 5.91 Å². The number of carbonyl (C=O) groups excluding carboxylic acids is 1. The summed E-state index contributed by atoms with van der Waals surface area (Å²) in [6.45, 7) is 1.14. The molecule has 0 saturated heterocycles. The number of carbonyl (C=O) groups is 1. The lowest BCUT2D eigenvalue weighted by Crippen LogP contribution is -2.27. The molecule has 104 valence electrons. The minimum Gasteiger partial charge on any atom is -0.352 e. The van der Waals surface area contributed by atoms with Gasteiger partial charge in [-0.05, 0) is 42.6 Å². The van der Waals surface area contributed by atoms with E-state index in [0.717, 1.165) is 17.5 Å². The first kappa shape index (κ1) is 14.2. The number of amides is 1. The SMILES string of the molecule is NCCc1ccccc1C(=O)NCCc1cccnc1. The van der Waals surface area contributed by atoms with Gasteiger partial charge in [-0.1, -0.05) is 24.3 Å². The molecule has 1 aromatic heterocycles. The molecule has 0 atom stereocenters. The third kappa shape index (κ3) is 3.90. The molecule has 0 spiro atoms. The molecule has 0 aliphatic heterocycles. The van der Waals surface area contributed by atoms with Crippen LogP contribution >= 0.6 is 0 Å². The number of benzene rings is 1. The third-order valence-electron chi connectivity index (χ3n) is 3.10. The predicted molar refractivity (Wildman–Crippen MR) is 79.5 cm³/mol. The van der Waals surface area contributed by atoms with Crippen molar-refractivity contribution >= 4 is 5.91 Å². The Kier molecular flexibility index (Phi) is 5.26. The molecular weight excluding hydrogens is 250 g/mol. The summed E-state index contributed by atoms with van der Waals surface area (Å²) >= 11 is 0. The molecule has 0 aliphatic carbocycles. The number of rotatable bonds is 6. The van der Waals surface area contributed by atoms with E-state index in [1.165, 1.54) is 0 Å². The first-order chi connectivity index (χ1) is 9.81. The molecule has 2 aromatic rings. The van der Waals surface area contributed by atoms with Crippen molar-refractivity contribution in [1.82, 2.24) is 10.3 Å². The van der Waals surface area contributed by atoms with Gasteiger partial charge >= 0.3 is 0 Å². The predicted octanol–water partition coefficient (Wildman–Crippen LogP) is 1.56. The average Bonchev–Trinajstić information content (AvgIpc) is 2.49. The van der Waals surface area contributed by atoms with Gasteiger partial charge in [-0.15, -0.1) is 0 Å². The van der Waals surface area contributed by atoms with Gasteiger partial charge in [0.1, 0.15) is 0 Å². The first-order valence-corrected chi connectivity index (χ1v) is 6.76. The Bertz CT molecular complexity index is 555. The van der Waals surface area contributed by atoms with Crippen LogP contribution in [0.3, 0.4) is 0 Å². The number of nitrogens with two attached hydrogens (primary N) is 1. The van der Waals surface area contributed by atoms with E-state index in [1.807, 2.05) is 42.6 Å². The van der Waals surface area contributed by atoms with Crippen LogP contribution in [0, 0.1) is 0 Å². The lowest BCUT2D eigenvalue weighted by atomic mass is 10.0. The van der Waals surface area contributed by atoms with Crippen LogP contribution in [0.1, 0.15) is 21.5 Å². The van der Waals surface area contributed by atoms with Crippen molar-refractivity contribution in [2.24, 2.45) is 5.73 Å². The summed E-state index contributed by atoms with van der Waals surface area (Å²) in [6, 6.07) is 11.5. The van der Waals surface area contributed by atoms with Gasteiger partial charge in [0.2, 0.25) is 0 Å². The summed E-state index contributed by atoms with van der Waals surface area (Å²) < 4.78 is 0. The molecule has 0 bridgehead atoms. The van der Waals surface area contributed by atoms with Gasteiger partial charge in [-0.25, -0.2) is 0 Å². The van der Waals surface area contributed by atoms with Crippen LogP contribution in [-0.2, 0) is 12.8 Å². The highest BCUT2D eigenvalue weighted by molar-refractivity contribution is 5.95. The highest BCUT2D eigenvalue weighted by atomic mass is 16.1. The molecule has 1 aromatic carbocycles. The molecule has 0 aliphatic rings. The van der Waals surface area contributed by atoms with E-state index >= 15 is 0 Å². The average molecular weight is 269 g/mol. The Balaban J connectivity index is 1.92. The van der Waals surface area contributed by atoms with Gasteiger partial charge in [0.15, 0.2) is 0 Å². The van der Waals surface area contributed by atoms with Crippen molar-refractivity contribution in [2.75, 3.05) is 13.1 Å². The van der Waals surface area contributed by atoms with Crippen LogP contribution in [0.2, 0.25) is 0 Å². The topological polar surface area (TPSA) is 68.0 Å². The maximum absolute atomic E-state index is 12.2. The smallest absolute Gasteiger partial charge is 0.251 e. The summed E-state index contributed by atoms with van der Waals surface area (Å²) in [5, 5.41) is 2.94. The standard InChI is InChI=1S/C16H19N3O/c17-9-7-14-5-1-2-6-15(14)16(20)19-11-8-13-4-3-10-18-12-13/h1-6,10,12H,7-9,11,17H2,(H,19,20). The van der Waals surface area contributed by atoms with Crippen molar-refractivity contribution < 1.29 is 4.79 Å². The van der Waals surface area contributed by atoms with Crippen molar-refractivity contribution in [1.29, 1.82) is 0 Å². The van der Waals surface area contributed by atoms with E-state index in [9.17, 15) is 4.79 Å². The highest BCUT2D eigenvalue weighted by Crippen LogP contribution is 2.09. The van der Waals surface area contributed by atoms with Crippen molar-refractivity contribution in [3.63, 3.8) is 0 Å². The Hall–Kier alpha value is -2.20. The van der Waals surface area contributed by atoms with Gasteiger partial charge in [0, 0.05) is 24.5 Å². The molecule has 4 nitrogen and oxygen atoms in total. The molecule has 0 radical (unpaired) electrons. The Morgan fingerprint density at radius 3 is 2.75 bits per heavy atom. The van der Waals surface area contributed by atoms with E-state index in [1.54, 1.807) is 6.20 Å². The fraction of sp³-hybridized carbons (Fsp3) is 0.250. The van der Waals surface area contributed by atoms with E-state index in [0.29, 0.717) is 25.1 Å². The summed E-state index contributed by atoms with van der Waals surface area (Å²) in [7, 11) is 0. The summed E-state index contributed by atoms with van der Waals surface area (Å²) in [6.07, 6.45) is 5.05. The molecule has 0 unspecified atom stereocenters. The molecule has 0 saturated carbocycles. The van der Waals surface area contributed by atoms with Crippen molar-refractivity contribution in [2.45, 2.75) is 12.8 Å². The Labute approximate surface area is 119 Å². The molecule has 1 amide bonds. The fourth-order valence-electron chi connectivity index (χ4n) is 2.08. The zero-order valence-corrected chi connectivity index (χ0v) is 11.4. The molecule has 3 N–H and O–H groups in total. The maximum Gasteiger partial charge on any atom is 0.251 e. The largest absolute Gasteiger partial charge is 0.352 e. The van der Waals surface area contributed by atoms with Crippen molar-refractivity contribution in [3.05, 3.63) is 65.5 Å². The monoisotopic (exact) mass is 269 g/mol. The molecular formula is C16H19N3O. The number of aromatic nitrogens is 1. The minimum absolute atomic E-state index is 0.0436. The zero-order chi connectivity index (χ0) is 14.2. The van der Waals surface area contributed by atoms with Gasteiger partial charge < -0.3 is 11.1 Å². The van der Waals surface area contributed by atoms with Gasteiger partial charge in [-0.2, -0.15) is 0 Å². The number of hydrogen-bond acceptors (Lipinski definition) is 3. The van der Waals surface area contributed by atoms with Crippen LogP contribution in [-0.4, -0.2) is 24.0 Å². The first-order valence-electron chi connectivity index (χ1n) is 6.76. The summed E-state index contributed by atoms with van der Waals surface area (Å²) in [5.41, 5.74) is 8.39. The number of hydrogen-bond donors (Lipinski definition) is 2. The lowest BCUT2D eigenvalue weighted by Gasteiger charge is -2.09. The van der Waals surface area contributed by atoms with E-state index < -0.39 is 0 Å². The number of pyridine rings is 1. The van der Waals surface area contributed by atoms with Crippen LogP contribution < -0.4 is 11.1 Å². The van der Waals surface area contributed by atoms with Crippen LogP contribution in [0.15, 0.2) is 48.8 Å². The van der Waals surface area contributed by atoms with Crippen molar-refractivity contribution in [3.8, 4) is 0 Å². The second-order valence-corrected chi connectivity index (χ2v) is 4.56. The maximum atomic E-state index is 12.2. The van der Waals surface area contributed by atoms with Gasteiger partial charge in [0.25, 0.3) is 5.91 Å². The molecule has 2 rings (SSSR count). The third-order valence-corrected chi connectivity index (χ3v) is 3.10. The summed E-state index contributed by atoms with van der Waals surface area (Å²) in [5.74, 6) is -0.0436. The molecule has 4 heteroatoms. The minimum atomic E-state index is -0.0436. The lowest BCUT2D eigenvalue weighted by molar-refractivity contribution is 0.0953. The van der Waals surface area contributed by atoms with Crippen LogP contribution in [0.25, 0.3) is 0 Å². The van der Waals surface area contributed by atoms with E-state index in [4.69, 9.17) is 5.73 Å². The number of nitrogens with zero attached hydrogens (tertiary/aromatic N) is 1. The van der Waals surface area contributed by atoms with Gasteiger partial charge in [-0.3, -0.25) is 9.78 Å². The molecule has 0 fully saturated rings. The van der Waals surface area contributed by atoms with Crippen LogP contribution in [0.5, 0.6) is 0 Å². The quantitative estimate of drug-likeness (QED) is 0.836. The Morgan fingerprint density at radius 2 is 2.00 bits per heavy atom. The second-order valence-electron chi connectivity index (χ2n) is 4.56. The van der Waals surface area contributed by atoms with Crippen LogP contribution in [0.4, 0.5) is 0 Å². The zero-order valence-electron chi connectivity index (χ0n) is 11.4. The van der Waals surface area contributed by atoms with E-state index in [2.05, 4.69) is 10.3 Å².